The van der Waals surface area contributed by atoms with Gasteiger partial charge in [-0.3, -0.25) is 9.78 Å². The fourth-order valence-electron chi connectivity index (χ4n) is 1.41. The van der Waals surface area contributed by atoms with E-state index >= 15 is 0 Å². The third-order valence-electron chi connectivity index (χ3n) is 2.28. The quantitative estimate of drug-likeness (QED) is 0.859. The highest BCUT2D eigenvalue weighted by Crippen LogP contribution is 2.27. The normalized spacial score (nSPS) is 10.3. The molecule has 0 atom stereocenters. The molecule has 0 aromatic carbocycles. The van der Waals surface area contributed by atoms with Crippen LogP contribution in [0.1, 0.15) is 32.6 Å². The lowest BCUT2D eigenvalue weighted by molar-refractivity contribution is 0.0687. The smallest absolute Gasteiger partial charge is 0.356 e. The monoisotopic (exact) mass is 262 g/mol. The zero-order valence-corrected chi connectivity index (χ0v) is 10.6. The van der Waals surface area contributed by atoms with Gasteiger partial charge in [0.05, 0.1) is 5.69 Å². The zero-order valence-electron chi connectivity index (χ0n) is 9.80. The molecule has 18 heavy (non-hydrogen) atoms. The summed E-state index contributed by atoms with van der Waals surface area (Å²) >= 11 is 1.05. The largest absolute Gasteiger partial charge is 0.476 e. The Morgan fingerprint density at radius 2 is 2.06 bits per heavy atom. The summed E-state index contributed by atoms with van der Waals surface area (Å²) in [5.41, 5.74) is 1.37. The molecule has 0 aliphatic carbocycles. The average molecular weight is 262 g/mol. The molecule has 0 amide bonds. The summed E-state index contributed by atoms with van der Waals surface area (Å²) < 4.78 is 0. The number of carboxylic acids is 1. The van der Waals surface area contributed by atoms with Crippen molar-refractivity contribution in [3.05, 3.63) is 34.5 Å². The second-order valence-electron chi connectivity index (χ2n) is 3.78. The van der Waals surface area contributed by atoms with Gasteiger partial charge in [0.25, 0.3) is 0 Å². The number of hydrogen-bond donors (Lipinski definition) is 1. The lowest BCUT2D eigenvalue weighted by Gasteiger charge is -1.95. The number of aromatic carboxylic acids is 1. The van der Waals surface area contributed by atoms with Crippen molar-refractivity contribution in [2.75, 3.05) is 0 Å². The first-order chi connectivity index (χ1) is 8.49. The molecule has 0 aliphatic heterocycles. The van der Waals surface area contributed by atoms with Crippen molar-refractivity contribution in [2.24, 2.45) is 0 Å². The van der Waals surface area contributed by atoms with Gasteiger partial charge in [-0.25, -0.2) is 9.78 Å². The molecule has 0 radical (unpaired) electrons. The molecule has 2 rings (SSSR count). The van der Waals surface area contributed by atoms with Crippen molar-refractivity contribution < 1.29 is 14.7 Å². The standard InChI is InChI=1S/C12H10N2O3S/c1-6-3-4-8(13-5-6)11-14-9(12(16)17)10(18-11)7(2)15/h3-5H,1-2H3,(H,16,17). The Labute approximate surface area is 107 Å². The van der Waals surface area contributed by atoms with Gasteiger partial charge in [0.1, 0.15) is 9.88 Å². The number of rotatable bonds is 3. The van der Waals surface area contributed by atoms with E-state index in [9.17, 15) is 9.59 Å². The van der Waals surface area contributed by atoms with Gasteiger partial charge in [0.2, 0.25) is 0 Å². The van der Waals surface area contributed by atoms with E-state index in [0.717, 1.165) is 16.9 Å². The van der Waals surface area contributed by atoms with E-state index in [1.54, 1.807) is 12.3 Å². The van der Waals surface area contributed by atoms with Crippen LogP contribution in [0.25, 0.3) is 10.7 Å². The topological polar surface area (TPSA) is 80.2 Å². The second kappa shape index (κ2) is 4.66. The second-order valence-corrected chi connectivity index (χ2v) is 4.78. The van der Waals surface area contributed by atoms with Gasteiger partial charge in [-0.15, -0.1) is 11.3 Å². The van der Waals surface area contributed by atoms with Crippen LogP contribution in [0.15, 0.2) is 18.3 Å². The predicted molar refractivity (Wildman–Crippen MR) is 67.0 cm³/mol. The van der Waals surface area contributed by atoms with Gasteiger partial charge in [-0.2, -0.15) is 0 Å². The first kappa shape index (κ1) is 12.4. The van der Waals surface area contributed by atoms with Crippen molar-refractivity contribution in [3.63, 3.8) is 0 Å². The molecule has 0 fully saturated rings. The van der Waals surface area contributed by atoms with Crippen molar-refractivity contribution in [1.82, 2.24) is 9.97 Å². The van der Waals surface area contributed by atoms with E-state index in [-0.39, 0.29) is 16.4 Å². The summed E-state index contributed by atoms with van der Waals surface area (Å²) in [6.07, 6.45) is 1.67. The molecule has 2 aromatic rings. The minimum atomic E-state index is -1.20. The van der Waals surface area contributed by atoms with E-state index in [2.05, 4.69) is 9.97 Å². The third-order valence-corrected chi connectivity index (χ3v) is 3.46. The number of nitrogens with zero attached hydrogens (tertiary/aromatic N) is 2. The number of hydrogen-bond acceptors (Lipinski definition) is 5. The number of aromatic nitrogens is 2. The SMILES string of the molecule is CC(=O)c1sc(-c2ccc(C)cn2)nc1C(=O)O. The molecule has 0 spiro atoms. The van der Waals surface area contributed by atoms with E-state index in [1.165, 1.54) is 6.92 Å². The Morgan fingerprint density at radius 1 is 1.33 bits per heavy atom. The molecule has 2 aromatic heterocycles. The number of carbonyl (C=O) groups excluding carboxylic acids is 1. The number of carboxylic acid groups (broad SMARTS) is 1. The maximum Gasteiger partial charge on any atom is 0.356 e. The van der Waals surface area contributed by atoms with Crippen LogP contribution >= 0.6 is 11.3 Å². The Hall–Kier alpha value is -2.08. The van der Waals surface area contributed by atoms with Crippen molar-refractivity contribution in [2.45, 2.75) is 13.8 Å². The van der Waals surface area contributed by atoms with Crippen molar-refractivity contribution in [1.29, 1.82) is 0 Å². The minimum absolute atomic E-state index is 0.153. The third kappa shape index (κ3) is 2.28. The highest BCUT2D eigenvalue weighted by atomic mass is 32.1. The van der Waals surface area contributed by atoms with E-state index in [0.29, 0.717) is 10.7 Å². The van der Waals surface area contributed by atoms with Crippen molar-refractivity contribution >= 4 is 23.1 Å². The summed E-state index contributed by atoms with van der Waals surface area (Å²) in [7, 11) is 0. The van der Waals surface area contributed by atoms with Crippen LogP contribution in [-0.4, -0.2) is 26.8 Å². The molecule has 0 saturated heterocycles. The van der Waals surface area contributed by atoms with Crippen LogP contribution in [0.3, 0.4) is 0 Å². The summed E-state index contributed by atoms with van der Waals surface area (Å²) in [5, 5.41) is 9.43. The van der Waals surface area contributed by atoms with E-state index in [4.69, 9.17) is 5.11 Å². The zero-order chi connectivity index (χ0) is 13.3. The predicted octanol–water partition coefficient (Wildman–Crippen LogP) is 2.41. The fourth-order valence-corrected chi connectivity index (χ4v) is 2.34. The maximum atomic E-state index is 11.4. The number of aryl methyl sites for hydroxylation is 1. The van der Waals surface area contributed by atoms with Crippen LogP contribution < -0.4 is 0 Å². The van der Waals surface area contributed by atoms with Gasteiger partial charge in [-0.1, -0.05) is 6.07 Å². The minimum Gasteiger partial charge on any atom is -0.476 e. The van der Waals surface area contributed by atoms with Crippen LogP contribution in [0.2, 0.25) is 0 Å². The number of Topliss-reactive ketones (excluding diaryl/α,β-unsaturated/α-hetero) is 1. The lowest BCUT2D eigenvalue weighted by Crippen LogP contribution is -2.03. The summed E-state index contributed by atoms with van der Waals surface area (Å²) in [6.45, 7) is 3.23. The summed E-state index contributed by atoms with van der Waals surface area (Å²) in [6, 6.07) is 3.61. The van der Waals surface area contributed by atoms with Gasteiger partial charge in [0.15, 0.2) is 11.5 Å². The maximum absolute atomic E-state index is 11.4. The molecular weight excluding hydrogens is 252 g/mol. The van der Waals surface area contributed by atoms with Gasteiger partial charge < -0.3 is 5.11 Å². The Morgan fingerprint density at radius 3 is 2.50 bits per heavy atom. The molecular formula is C12H10N2O3S. The first-order valence-corrected chi connectivity index (χ1v) is 5.98. The molecule has 0 bridgehead atoms. The number of thiazole rings is 1. The highest BCUT2D eigenvalue weighted by Gasteiger charge is 2.21. The Balaban J connectivity index is 2.53. The van der Waals surface area contributed by atoms with Crippen LogP contribution in [0.5, 0.6) is 0 Å². The van der Waals surface area contributed by atoms with Gasteiger partial charge >= 0.3 is 5.97 Å². The fraction of sp³-hybridized carbons (Fsp3) is 0.167. The summed E-state index contributed by atoms with van der Waals surface area (Å²) in [5.74, 6) is -1.50. The number of carbonyl (C=O) groups is 2. The average Bonchev–Trinajstić information content (AvgIpc) is 2.75. The van der Waals surface area contributed by atoms with Crippen LogP contribution in [-0.2, 0) is 0 Å². The van der Waals surface area contributed by atoms with Crippen LogP contribution in [0.4, 0.5) is 0 Å². The molecule has 6 heteroatoms. The molecule has 2 heterocycles. The Kier molecular flexibility index (Phi) is 3.20. The molecule has 5 nitrogen and oxygen atoms in total. The lowest BCUT2D eigenvalue weighted by atomic mass is 10.3. The van der Waals surface area contributed by atoms with Gasteiger partial charge in [-0.05, 0) is 18.6 Å². The number of pyridine rings is 1. The first-order valence-electron chi connectivity index (χ1n) is 5.17. The molecule has 0 unspecified atom stereocenters. The summed E-state index contributed by atoms with van der Waals surface area (Å²) in [4.78, 5) is 30.6. The number of ketones is 1. The van der Waals surface area contributed by atoms with E-state index < -0.39 is 5.97 Å². The molecule has 1 N–H and O–H groups in total. The Bertz CT molecular complexity index is 585. The van der Waals surface area contributed by atoms with Gasteiger partial charge in [0, 0.05) is 13.1 Å². The van der Waals surface area contributed by atoms with Crippen LogP contribution in [0, 0.1) is 6.92 Å². The molecule has 92 valence electrons. The molecule has 0 saturated carbocycles. The van der Waals surface area contributed by atoms with Crippen molar-refractivity contribution in [3.8, 4) is 10.7 Å². The van der Waals surface area contributed by atoms with E-state index in [1.807, 2.05) is 13.0 Å². The highest BCUT2D eigenvalue weighted by molar-refractivity contribution is 7.17. The molecule has 0 aliphatic rings.